The first-order chi connectivity index (χ1) is 6.73. The van der Waals surface area contributed by atoms with Gasteiger partial charge in [-0.05, 0) is 13.3 Å². The Hall–Kier alpha value is -0.410. The molecule has 0 aromatic heterocycles. The molecule has 3 rings (SSSR count). The normalized spacial score (nSPS) is 50.5. The second-order valence-corrected chi connectivity index (χ2v) is 5.03. The third-order valence-corrected chi connectivity index (χ3v) is 4.30. The molecular formula is C11H18NO2+. The predicted octanol–water partition coefficient (Wildman–Crippen LogP) is 1.28. The average molecular weight is 196 g/mol. The van der Waals surface area contributed by atoms with Gasteiger partial charge in [0.15, 0.2) is 0 Å². The van der Waals surface area contributed by atoms with E-state index >= 15 is 0 Å². The fourth-order valence-corrected chi connectivity index (χ4v) is 3.81. The van der Waals surface area contributed by atoms with Gasteiger partial charge in [-0.25, -0.2) is 0 Å². The molecule has 0 N–H and O–H groups in total. The molecule has 3 heteroatoms. The molecule has 0 aromatic rings. The largest absolute Gasteiger partial charge is 0.299 e. The first kappa shape index (κ1) is 8.86. The molecule has 3 aliphatic rings. The third-order valence-electron chi connectivity index (χ3n) is 4.30. The second kappa shape index (κ2) is 2.80. The molecule has 0 aliphatic carbocycles. The van der Waals surface area contributed by atoms with Gasteiger partial charge in [-0.3, -0.25) is 4.79 Å². The van der Waals surface area contributed by atoms with Crippen molar-refractivity contribution in [3.63, 3.8) is 0 Å². The van der Waals surface area contributed by atoms with Crippen LogP contribution < -0.4 is 0 Å². The molecule has 14 heavy (non-hydrogen) atoms. The zero-order valence-corrected chi connectivity index (χ0v) is 8.74. The van der Waals surface area contributed by atoms with E-state index in [4.69, 9.17) is 4.84 Å². The summed E-state index contributed by atoms with van der Waals surface area (Å²) in [5.41, 5.74) is 0. The van der Waals surface area contributed by atoms with E-state index in [0.717, 1.165) is 24.2 Å². The van der Waals surface area contributed by atoms with E-state index in [1.807, 2.05) is 0 Å². The van der Waals surface area contributed by atoms with Crippen molar-refractivity contribution in [2.75, 3.05) is 13.1 Å². The number of nitrogens with zero attached hydrogens (tertiary/aromatic N) is 1. The molecule has 0 amide bonds. The molecule has 3 nitrogen and oxygen atoms in total. The topological polar surface area (TPSA) is 26.3 Å². The summed E-state index contributed by atoms with van der Waals surface area (Å²) in [5.74, 6) is 0.559. The molecule has 1 spiro atoms. The highest BCUT2D eigenvalue weighted by molar-refractivity contribution is 5.79. The molecule has 3 saturated heterocycles. The van der Waals surface area contributed by atoms with Crippen LogP contribution in [0.25, 0.3) is 0 Å². The van der Waals surface area contributed by atoms with E-state index in [2.05, 4.69) is 0 Å². The lowest BCUT2D eigenvalue weighted by Gasteiger charge is -2.33. The minimum atomic E-state index is 0.208. The quantitative estimate of drug-likeness (QED) is 0.590. The van der Waals surface area contributed by atoms with E-state index in [1.54, 1.807) is 6.92 Å². The van der Waals surface area contributed by atoms with Crippen molar-refractivity contribution in [1.82, 2.24) is 0 Å². The molecule has 2 bridgehead atoms. The number of carbonyl (C=O) groups is 1. The number of quaternary nitrogens is 1. The smallest absolute Gasteiger partial charge is 0.141 e. The zero-order chi connectivity index (χ0) is 9.76. The average Bonchev–Trinajstić information content (AvgIpc) is 2.57. The van der Waals surface area contributed by atoms with Gasteiger partial charge in [-0.15, -0.1) is 0 Å². The maximum absolute atomic E-state index is 11.6. The Labute approximate surface area is 84.6 Å². The van der Waals surface area contributed by atoms with Crippen LogP contribution in [0.15, 0.2) is 0 Å². The van der Waals surface area contributed by atoms with Crippen molar-refractivity contribution in [3.05, 3.63) is 0 Å². The molecule has 3 heterocycles. The SMILES string of the molecule is CC(=O)C1[C@@H]2CCC[N+]3(CCC[C@@H]13)O2. The number of hydrogen-bond donors (Lipinski definition) is 0. The van der Waals surface area contributed by atoms with Crippen LogP contribution in [0.1, 0.15) is 32.6 Å². The Morgan fingerprint density at radius 1 is 1.29 bits per heavy atom. The van der Waals surface area contributed by atoms with Gasteiger partial charge >= 0.3 is 0 Å². The molecule has 0 aromatic carbocycles. The lowest BCUT2D eigenvalue weighted by atomic mass is 9.89. The Kier molecular flexibility index (Phi) is 1.77. The van der Waals surface area contributed by atoms with Gasteiger partial charge in [-0.1, -0.05) is 0 Å². The number of fused-ring (bicyclic) bond motifs is 1. The number of Topliss-reactive ketones (excluding diaryl/α,β-unsaturated/α-hetero) is 1. The van der Waals surface area contributed by atoms with E-state index in [-0.39, 0.29) is 12.0 Å². The van der Waals surface area contributed by atoms with Crippen LogP contribution in [-0.2, 0) is 9.63 Å². The van der Waals surface area contributed by atoms with Crippen molar-refractivity contribution in [2.24, 2.45) is 5.92 Å². The van der Waals surface area contributed by atoms with Crippen molar-refractivity contribution in [1.29, 1.82) is 0 Å². The monoisotopic (exact) mass is 196 g/mol. The number of rotatable bonds is 1. The molecule has 0 saturated carbocycles. The maximum Gasteiger partial charge on any atom is 0.141 e. The minimum Gasteiger partial charge on any atom is -0.299 e. The molecule has 2 unspecified atom stereocenters. The minimum absolute atomic E-state index is 0.208. The first-order valence-corrected chi connectivity index (χ1v) is 5.78. The fraction of sp³-hybridized carbons (Fsp3) is 0.909. The van der Waals surface area contributed by atoms with Crippen molar-refractivity contribution < 1.29 is 14.3 Å². The van der Waals surface area contributed by atoms with Gasteiger partial charge in [0.25, 0.3) is 0 Å². The molecule has 4 atom stereocenters. The summed E-state index contributed by atoms with van der Waals surface area (Å²) in [4.78, 5) is 17.7. The van der Waals surface area contributed by atoms with Crippen LogP contribution in [0.5, 0.6) is 0 Å². The van der Waals surface area contributed by atoms with Crippen LogP contribution in [0.3, 0.4) is 0 Å². The summed E-state index contributed by atoms with van der Waals surface area (Å²) in [6.45, 7) is 4.03. The van der Waals surface area contributed by atoms with Gasteiger partial charge in [0.1, 0.15) is 36.9 Å². The van der Waals surface area contributed by atoms with Crippen molar-refractivity contribution in [3.8, 4) is 0 Å². The second-order valence-electron chi connectivity index (χ2n) is 5.03. The molecule has 3 fully saturated rings. The van der Waals surface area contributed by atoms with E-state index in [1.165, 1.54) is 19.3 Å². The highest BCUT2D eigenvalue weighted by Crippen LogP contribution is 2.47. The van der Waals surface area contributed by atoms with Crippen LogP contribution >= 0.6 is 0 Å². The lowest BCUT2D eigenvalue weighted by Crippen LogP contribution is -2.49. The fourth-order valence-electron chi connectivity index (χ4n) is 3.81. The van der Waals surface area contributed by atoms with Crippen LogP contribution in [0.2, 0.25) is 0 Å². The van der Waals surface area contributed by atoms with Gasteiger partial charge in [0, 0.05) is 19.3 Å². The standard InChI is InChI=1S/C11H18NO2/c1-8(13)11-9-4-2-6-12(9)7-3-5-10(11)14-12/h9-11H,2-7H2,1H3/q+1/t9-,10-,11?,12?/m0/s1. The predicted molar refractivity (Wildman–Crippen MR) is 51.3 cm³/mol. The summed E-state index contributed by atoms with van der Waals surface area (Å²) in [6, 6.07) is 0.500. The Bertz CT molecular complexity index is 278. The Morgan fingerprint density at radius 3 is 2.71 bits per heavy atom. The summed E-state index contributed by atoms with van der Waals surface area (Å²) >= 11 is 0. The lowest BCUT2D eigenvalue weighted by molar-refractivity contribution is -1.11. The number of hydroxylamine groups is 3. The van der Waals surface area contributed by atoms with E-state index < -0.39 is 0 Å². The molecule has 78 valence electrons. The summed E-state index contributed by atoms with van der Waals surface area (Å²) in [6.07, 6.45) is 5.01. The maximum atomic E-state index is 11.6. The third kappa shape index (κ3) is 0.971. The van der Waals surface area contributed by atoms with Crippen molar-refractivity contribution in [2.45, 2.75) is 44.8 Å². The van der Waals surface area contributed by atoms with Crippen LogP contribution in [0, 0.1) is 5.92 Å². The summed E-state index contributed by atoms with van der Waals surface area (Å²) < 4.78 is 0.828. The summed E-state index contributed by atoms with van der Waals surface area (Å²) in [5, 5.41) is 0. The number of carbonyl (C=O) groups excluding carboxylic acids is 1. The summed E-state index contributed by atoms with van der Waals surface area (Å²) in [7, 11) is 0. The number of hydrogen-bond acceptors (Lipinski definition) is 2. The highest BCUT2D eigenvalue weighted by Gasteiger charge is 2.61. The van der Waals surface area contributed by atoms with E-state index in [9.17, 15) is 4.79 Å². The van der Waals surface area contributed by atoms with E-state index in [0.29, 0.717) is 11.8 Å². The van der Waals surface area contributed by atoms with Crippen LogP contribution in [-0.4, -0.2) is 35.7 Å². The van der Waals surface area contributed by atoms with Gasteiger partial charge in [-0.2, -0.15) is 9.48 Å². The molecule has 0 radical (unpaired) electrons. The van der Waals surface area contributed by atoms with Crippen molar-refractivity contribution >= 4 is 5.78 Å². The van der Waals surface area contributed by atoms with Crippen LogP contribution in [0.4, 0.5) is 0 Å². The first-order valence-electron chi connectivity index (χ1n) is 5.78. The zero-order valence-electron chi connectivity index (χ0n) is 8.74. The highest BCUT2D eigenvalue weighted by atomic mass is 16.7. The molecular weight excluding hydrogens is 178 g/mol. The van der Waals surface area contributed by atoms with Gasteiger partial charge in [0.05, 0.1) is 0 Å². The molecule has 3 aliphatic heterocycles. The number of ketones is 1. The van der Waals surface area contributed by atoms with Gasteiger partial charge in [0.2, 0.25) is 0 Å². The Balaban J connectivity index is 1.97. The Morgan fingerprint density at radius 2 is 2.00 bits per heavy atom. The van der Waals surface area contributed by atoms with Gasteiger partial charge < -0.3 is 0 Å².